The monoisotopic (exact) mass is 269 g/mol. The summed E-state index contributed by atoms with van der Waals surface area (Å²) in [6.45, 7) is 1.43. The number of nitrogen functional groups attached to an aromatic ring is 1. The predicted molar refractivity (Wildman–Crippen MR) is 67.7 cm³/mol. The first-order valence-corrected chi connectivity index (χ1v) is 5.27. The number of aromatic nitrogens is 4. The van der Waals surface area contributed by atoms with Crippen LogP contribution in [0.15, 0.2) is 27.4 Å². The zero-order valence-corrected chi connectivity index (χ0v) is 10.2. The lowest BCUT2D eigenvalue weighted by Gasteiger charge is -1.98. The van der Waals surface area contributed by atoms with Crippen molar-refractivity contribution in [2.75, 3.05) is 5.73 Å². The number of anilines is 1. The summed E-state index contributed by atoms with van der Waals surface area (Å²) in [6.07, 6.45) is 4.11. The molecule has 0 saturated heterocycles. The lowest BCUT2D eigenvalue weighted by Crippen LogP contribution is -2.16. The molecule has 1 aliphatic rings. The summed E-state index contributed by atoms with van der Waals surface area (Å²) in [5.74, 6) is 0.711. The number of azo groups is 1. The van der Waals surface area contributed by atoms with E-state index < -0.39 is 0 Å². The van der Waals surface area contributed by atoms with E-state index in [4.69, 9.17) is 5.73 Å². The Kier molecular flexibility index (Phi) is 3.19. The third kappa shape index (κ3) is 1.80. The van der Waals surface area contributed by atoms with Crippen molar-refractivity contribution < 1.29 is 0 Å². The molecule has 0 amide bonds. The van der Waals surface area contributed by atoms with Crippen molar-refractivity contribution in [3.05, 3.63) is 22.7 Å². The molecule has 0 atom stereocenters. The Bertz CT molecular complexity index is 624. The van der Waals surface area contributed by atoms with Gasteiger partial charge in [-0.15, -0.1) is 22.6 Å². The van der Waals surface area contributed by atoms with Crippen molar-refractivity contribution >= 4 is 29.9 Å². The second-order valence-corrected chi connectivity index (χ2v) is 3.75. The Labute approximate surface area is 108 Å². The number of hydrogen-bond acceptors (Lipinski definition) is 5. The van der Waals surface area contributed by atoms with E-state index in [9.17, 15) is 4.79 Å². The third-order valence-electron chi connectivity index (χ3n) is 2.72. The summed E-state index contributed by atoms with van der Waals surface area (Å²) in [5.41, 5.74) is 5.84. The fourth-order valence-electron chi connectivity index (χ4n) is 1.93. The van der Waals surface area contributed by atoms with Crippen molar-refractivity contribution in [2.45, 2.75) is 19.5 Å². The van der Waals surface area contributed by atoms with Gasteiger partial charge in [-0.1, -0.05) is 0 Å². The van der Waals surface area contributed by atoms with Crippen molar-refractivity contribution in [1.29, 1.82) is 0 Å². The number of nitrogens with zero attached hydrogens (tertiary/aromatic N) is 5. The van der Waals surface area contributed by atoms with Gasteiger partial charge in [-0.3, -0.25) is 9.48 Å². The average molecular weight is 270 g/mol. The van der Waals surface area contributed by atoms with Gasteiger partial charge < -0.3 is 10.7 Å². The quantitative estimate of drug-likeness (QED) is 0.800. The van der Waals surface area contributed by atoms with Gasteiger partial charge >= 0.3 is 0 Å². The van der Waals surface area contributed by atoms with E-state index in [2.05, 4.69) is 20.2 Å². The van der Waals surface area contributed by atoms with Crippen LogP contribution < -0.4 is 11.3 Å². The minimum absolute atomic E-state index is 0. The molecule has 96 valence electrons. The summed E-state index contributed by atoms with van der Waals surface area (Å²) in [5, 5.41) is 7.69. The second kappa shape index (κ2) is 4.65. The molecular formula is C9H12ClN7O. The maximum Gasteiger partial charge on any atom is 0.296 e. The van der Waals surface area contributed by atoms with Gasteiger partial charge in [0.05, 0.1) is 0 Å². The molecule has 0 aliphatic carbocycles. The molecule has 0 saturated carbocycles. The van der Waals surface area contributed by atoms with Crippen LogP contribution in [0.25, 0.3) is 0 Å². The number of halogens is 1. The molecule has 2 aromatic rings. The Morgan fingerprint density at radius 2 is 2.11 bits per heavy atom. The number of fused-ring (bicyclic) bond motifs is 1. The van der Waals surface area contributed by atoms with E-state index >= 15 is 0 Å². The van der Waals surface area contributed by atoms with Crippen molar-refractivity contribution in [2.24, 2.45) is 10.2 Å². The van der Waals surface area contributed by atoms with Gasteiger partial charge in [0.1, 0.15) is 0 Å². The molecule has 3 rings (SSSR count). The Morgan fingerprint density at radius 3 is 2.78 bits per heavy atom. The summed E-state index contributed by atoms with van der Waals surface area (Å²) < 4.78 is 3.32. The van der Waals surface area contributed by atoms with Crippen molar-refractivity contribution in [3.63, 3.8) is 0 Å². The molecule has 8 nitrogen and oxygen atoms in total. The summed E-state index contributed by atoms with van der Waals surface area (Å²) >= 11 is 0. The molecule has 0 aromatic carbocycles. The highest BCUT2D eigenvalue weighted by molar-refractivity contribution is 5.85. The van der Waals surface area contributed by atoms with E-state index in [1.807, 2.05) is 0 Å². The standard InChI is InChI=1S/C9H11N7O.ClH/c10-7-6(13-14-9-11-2-3-12-9)8(17)16-5-1-4-15(7)16;/h2-3H,1,4-5,10H2,(H,11,12);1H/b14-13+;. The molecule has 3 N–H and O–H groups in total. The molecule has 0 radical (unpaired) electrons. The SMILES string of the molecule is Cl.Nc1c(/N=N/c2ncc[nH]2)c(=O)n2n1CCC2. The Balaban J connectivity index is 0.00000120. The second-order valence-electron chi connectivity index (χ2n) is 3.75. The topological polar surface area (TPSA) is 106 Å². The minimum atomic E-state index is -0.199. The van der Waals surface area contributed by atoms with Crippen LogP contribution in [0.5, 0.6) is 0 Å². The van der Waals surface area contributed by atoms with E-state index in [-0.39, 0.29) is 23.7 Å². The average Bonchev–Trinajstić information content (AvgIpc) is 3.01. The van der Waals surface area contributed by atoms with Crippen LogP contribution in [-0.2, 0) is 13.1 Å². The fourth-order valence-corrected chi connectivity index (χ4v) is 1.93. The minimum Gasteiger partial charge on any atom is -0.382 e. The summed E-state index contributed by atoms with van der Waals surface area (Å²) in [4.78, 5) is 18.6. The molecule has 2 aromatic heterocycles. The largest absolute Gasteiger partial charge is 0.382 e. The van der Waals surface area contributed by atoms with E-state index in [0.717, 1.165) is 13.0 Å². The number of nitrogens with two attached hydrogens (primary N) is 1. The van der Waals surface area contributed by atoms with Gasteiger partial charge in [0.2, 0.25) is 5.95 Å². The number of H-pyrrole nitrogens is 1. The van der Waals surface area contributed by atoms with Gasteiger partial charge in [0.15, 0.2) is 11.5 Å². The number of aromatic amines is 1. The third-order valence-corrected chi connectivity index (χ3v) is 2.72. The van der Waals surface area contributed by atoms with Gasteiger partial charge in [-0.25, -0.2) is 9.67 Å². The zero-order chi connectivity index (χ0) is 11.8. The normalized spacial score (nSPS) is 13.8. The smallest absolute Gasteiger partial charge is 0.296 e. The summed E-state index contributed by atoms with van der Waals surface area (Å²) in [6, 6.07) is 0. The van der Waals surface area contributed by atoms with E-state index in [1.165, 1.54) is 0 Å². The fraction of sp³-hybridized carbons (Fsp3) is 0.333. The lowest BCUT2D eigenvalue weighted by molar-refractivity contribution is 0.601. The Hall–Kier alpha value is -2.09. The van der Waals surface area contributed by atoms with Crippen LogP contribution in [-0.4, -0.2) is 19.3 Å². The molecule has 0 bridgehead atoms. The van der Waals surface area contributed by atoms with Crippen LogP contribution in [0, 0.1) is 0 Å². The highest BCUT2D eigenvalue weighted by atomic mass is 35.5. The van der Waals surface area contributed by atoms with Gasteiger partial charge in [-0.05, 0) is 6.42 Å². The molecular weight excluding hydrogens is 258 g/mol. The highest BCUT2D eigenvalue weighted by Gasteiger charge is 2.21. The van der Waals surface area contributed by atoms with Crippen molar-refractivity contribution in [3.8, 4) is 0 Å². The van der Waals surface area contributed by atoms with Gasteiger partial charge in [0, 0.05) is 25.5 Å². The molecule has 18 heavy (non-hydrogen) atoms. The van der Waals surface area contributed by atoms with Crippen LogP contribution >= 0.6 is 12.4 Å². The maximum absolute atomic E-state index is 11.9. The first-order valence-electron chi connectivity index (χ1n) is 5.27. The number of imidazole rings is 1. The number of nitrogens with one attached hydrogen (secondary N) is 1. The molecule has 9 heteroatoms. The van der Waals surface area contributed by atoms with Crippen LogP contribution in [0.1, 0.15) is 6.42 Å². The summed E-state index contributed by atoms with van der Waals surface area (Å²) in [7, 11) is 0. The predicted octanol–water partition coefficient (Wildman–Crippen LogP) is 1.20. The van der Waals surface area contributed by atoms with Crippen LogP contribution in [0.3, 0.4) is 0 Å². The highest BCUT2D eigenvalue weighted by Crippen LogP contribution is 2.23. The lowest BCUT2D eigenvalue weighted by atomic mass is 10.4. The number of rotatable bonds is 2. The first-order chi connectivity index (χ1) is 8.27. The molecule has 0 unspecified atom stereocenters. The number of hydrogen-bond donors (Lipinski definition) is 2. The van der Waals surface area contributed by atoms with E-state index in [0.29, 0.717) is 18.3 Å². The van der Waals surface area contributed by atoms with E-state index in [1.54, 1.807) is 21.8 Å². The van der Waals surface area contributed by atoms with Gasteiger partial charge in [0.25, 0.3) is 5.56 Å². The van der Waals surface area contributed by atoms with Crippen LogP contribution in [0.2, 0.25) is 0 Å². The van der Waals surface area contributed by atoms with Gasteiger partial charge in [-0.2, -0.15) is 0 Å². The maximum atomic E-state index is 11.9. The zero-order valence-electron chi connectivity index (χ0n) is 9.41. The molecule has 3 heterocycles. The van der Waals surface area contributed by atoms with Crippen LogP contribution in [0.4, 0.5) is 17.5 Å². The molecule has 0 spiro atoms. The Morgan fingerprint density at radius 1 is 1.33 bits per heavy atom. The van der Waals surface area contributed by atoms with Crippen molar-refractivity contribution in [1.82, 2.24) is 19.3 Å². The molecule has 0 fully saturated rings. The first kappa shape index (κ1) is 12.4. The molecule has 1 aliphatic heterocycles.